The van der Waals surface area contributed by atoms with Gasteiger partial charge in [-0.05, 0) is 29.3 Å². The van der Waals surface area contributed by atoms with Crippen molar-refractivity contribution in [3.05, 3.63) is 34.9 Å². The highest BCUT2D eigenvalue weighted by Crippen LogP contribution is 2.66. The normalized spacial score (nSPS) is 27.0. The molecule has 0 radical (unpaired) electrons. The molecule has 2 aromatic carbocycles. The predicted molar refractivity (Wildman–Crippen MR) is 115 cm³/mol. The largest absolute Gasteiger partial charge is 0.493 e. The van der Waals surface area contributed by atoms with E-state index < -0.39 is 5.60 Å². The van der Waals surface area contributed by atoms with E-state index in [1.54, 1.807) is 42.7 Å². The lowest BCUT2D eigenvalue weighted by Crippen LogP contribution is -2.39. The molecule has 2 aromatic rings. The van der Waals surface area contributed by atoms with Crippen LogP contribution in [0.25, 0.3) is 0 Å². The van der Waals surface area contributed by atoms with Crippen molar-refractivity contribution >= 4 is 0 Å². The van der Waals surface area contributed by atoms with E-state index in [1.807, 2.05) is 18.2 Å². The molecular formula is C24H28O8. The molecule has 172 valence electrons. The van der Waals surface area contributed by atoms with Crippen LogP contribution in [0.1, 0.15) is 22.8 Å². The fourth-order valence-electron chi connectivity index (χ4n) is 5.72. The van der Waals surface area contributed by atoms with Crippen molar-refractivity contribution in [1.82, 2.24) is 0 Å². The predicted octanol–water partition coefficient (Wildman–Crippen LogP) is 3.33. The number of fused-ring (bicyclic) bond motifs is 3. The van der Waals surface area contributed by atoms with Crippen LogP contribution >= 0.6 is 0 Å². The number of benzene rings is 2. The maximum atomic E-state index is 6.69. The second kappa shape index (κ2) is 7.64. The van der Waals surface area contributed by atoms with Crippen LogP contribution in [0.5, 0.6) is 34.5 Å². The molecular weight excluding hydrogens is 416 g/mol. The first-order chi connectivity index (χ1) is 15.6. The van der Waals surface area contributed by atoms with Gasteiger partial charge >= 0.3 is 0 Å². The molecule has 0 aromatic heterocycles. The zero-order valence-electron chi connectivity index (χ0n) is 19.1. The van der Waals surface area contributed by atoms with E-state index in [0.29, 0.717) is 47.7 Å². The van der Waals surface area contributed by atoms with E-state index in [4.69, 9.17) is 37.9 Å². The summed E-state index contributed by atoms with van der Waals surface area (Å²) in [6.45, 7) is 1.13. The Morgan fingerprint density at radius 1 is 0.719 bits per heavy atom. The molecule has 0 N–H and O–H groups in total. The molecule has 0 amide bonds. The topological polar surface area (TPSA) is 73.8 Å². The fraction of sp³-hybridized carbons (Fsp3) is 0.500. The third kappa shape index (κ3) is 2.50. The zero-order chi connectivity index (χ0) is 22.6. The monoisotopic (exact) mass is 444 g/mol. The highest BCUT2D eigenvalue weighted by molar-refractivity contribution is 5.67. The van der Waals surface area contributed by atoms with Crippen LogP contribution < -0.4 is 28.4 Å². The molecule has 8 nitrogen and oxygen atoms in total. The third-order valence-electron chi connectivity index (χ3n) is 7.02. The molecule has 2 heterocycles. The van der Waals surface area contributed by atoms with Gasteiger partial charge in [-0.1, -0.05) is 0 Å². The van der Waals surface area contributed by atoms with Crippen LogP contribution in [0.15, 0.2) is 18.2 Å². The molecule has 8 heteroatoms. The van der Waals surface area contributed by atoms with Crippen LogP contribution in [-0.2, 0) is 15.1 Å². The molecule has 0 saturated carbocycles. The highest BCUT2D eigenvalue weighted by atomic mass is 16.6. The van der Waals surface area contributed by atoms with Crippen molar-refractivity contribution in [3.63, 3.8) is 0 Å². The second-order valence-electron chi connectivity index (χ2n) is 8.09. The summed E-state index contributed by atoms with van der Waals surface area (Å²) in [6, 6.07) is 5.88. The van der Waals surface area contributed by atoms with Crippen molar-refractivity contribution in [2.45, 2.75) is 11.7 Å². The summed E-state index contributed by atoms with van der Waals surface area (Å²) in [4.78, 5) is 0. The van der Waals surface area contributed by atoms with Gasteiger partial charge in [0.15, 0.2) is 23.0 Å². The first kappa shape index (κ1) is 21.0. The first-order valence-electron chi connectivity index (χ1n) is 10.5. The van der Waals surface area contributed by atoms with Crippen LogP contribution in [0.3, 0.4) is 0 Å². The summed E-state index contributed by atoms with van der Waals surface area (Å²) in [6.07, 6.45) is -0.0960. The van der Waals surface area contributed by atoms with Gasteiger partial charge in [-0.25, -0.2) is 0 Å². The zero-order valence-corrected chi connectivity index (χ0v) is 19.1. The van der Waals surface area contributed by atoms with Gasteiger partial charge in [-0.2, -0.15) is 0 Å². The summed E-state index contributed by atoms with van der Waals surface area (Å²) >= 11 is 0. The smallest absolute Gasteiger partial charge is 0.203 e. The molecule has 2 aliphatic heterocycles. The molecule has 32 heavy (non-hydrogen) atoms. The number of hydrogen-bond acceptors (Lipinski definition) is 8. The Balaban J connectivity index is 1.85. The lowest BCUT2D eigenvalue weighted by atomic mass is 9.65. The van der Waals surface area contributed by atoms with Crippen LogP contribution in [0, 0.1) is 11.8 Å². The van der Waals surface area contributed by atoms with Crippen LogP contribution in [-0.4, -0.2) is 55.9 Å². The summed E-state index contributed by atoms with van der Waals surface area (Å²) in [5, 5.41) is 0. The molecule has 2 fully saturated rings. The molecule has 1 aliphatic carbocycles. The summed E-state index contributed by atoms with van der Waals surface area (Å²) < 4.78 is 47.1. The Kier molecular flexibility index (Phi) is 5.02. The van der Waals surface area contributed by atoms with E-state index in [2.05, 4.69) is 0 Å². The van der Waals surface area contributed by atoms with Crippen molar-refractivity contribution in [1.29, 1.82) is 0 Å². The van der Waals surface area contributed by atoms with E-state index >= 15 is 0 Å². The SMILES string of the molecule is COc1cc([C@@]23OC[C@@H]4[C@@H](OC[C@@H]42)c2cc(OC)c(OC)c(OC)c23)cc(OC)c1OC. The van der Waals surface area contributed by atoms with Gasteiger partial charge in [0.25, 0.3) is 0 Å². The van der Waals surface area contributed by atoms with Crippen molar-refractivity contribution in [2.75, 3.05) is 55.9 Å². The van der Waals surface area contributed by atoms with Gasteiger partial charge in [-0.3, -0.25) is 0 Å². The molecule has 2 saturated heterocycles. The molecule has 0 spiro atoms. The summed E-state index contributed by atoms with van der Waals surface area (Å²) in [5.74, 6) is 3.65. The van der Waals surface area contributed by atoms with Gasteiger partial charge in [0.05, 0.1) is 62.0 Å². The Hall–Kier alpha value is -2.84. The van der Waals surface area contributed by atoms with Crippen LogP contribution in [0.2, 0.25) is 0 Å². The quantitative estimate of drug-likeness (QED) is 0.644. The Morgan fingerprint density at radius 2 is 1.31 bits per heavy atom. The number of hydrogen-bond donors (Lipinski definition) is 0. The highest BCUT2D eigenvalue weighted by Gasteiger charge is 2.65. The second-order valence-corrected chi connectivity index (χ2v) is 8.09. The van der Waals surface area contributed by atoms with E-state index in [-0.39, 0.29) is 17.9 Å². The summed E-state index contributed by atoms with van der Waals surface area (Å²) in [5.41, 5.74) is 1.94. The summed E-state index contributed by atoms with van der Waals surface area (Å²) in [7, 11) is 9.65. The van der Waals surface area contributed by atoms with Crippen molar-refractivity contribution < 1.29 is 37.9 Å². The van der Waals surface area contributed by atoms with E-state index in [0.717, 1.165) is 16.7 Å². The van der Waals surface area contributed by atoms with Gasteiger partial charge in [0, 0.05) is 17.4 Å². The van der Waals surface area contributed by atoms with E-state index in [1.165, 1.54) is 0 Å². The van der Waals surface area contributed by atoms with E-state index in [9.17, 15) is 0 Å². The van der Waals surface area contributed by atoms with Gasteiger partial charge < -0.3 is 37.9 Å². The fourth-order valence-corrected chi connectivity index (χ4v) is 5.72. The average Bonchev–Trinajstić information content (AvgIpc) is 3.35. The molecule has 0 unspecified atom stereocenters. The Bertz CT molecular complexity index is 1030. The van der Waals surface area contributed by atoms with Crippen molar-refractivity contribution in [3.8, 4) is 34.5 Å². The minimum absolute atomic E-state index is 0.0924. The lowest BCUT2D eigenvalue weighted by Gasteiger charge is -2.40. The average molecular weight is 444 g/mol. The third-order valence-corrected chi connectivity index (χ3v) is 7.02. The van der Waals surface area contributed by atoms with Gasteiger partial charge in [0.2, 0.25) is 11.5 Å². The Morgan fingerprint density at radius 3 is 1.88 bits per heavy atom. The maximum Gasteiger partial charge on any atom is 0.203 e. The minimum atomic E-state index is -0.829. The maximum absolute atomic E-state index is 6.69. The number of rotatable bonds is 7. The number of methoxy groups -OCH3 is 6. The molecule has 5 rings (SSSR count). The number of ether oxygens (including phenoxy) is 8. The van der Waals surface area contributed by atoms with Gasteiger partial charge in [0.1, 0.15) is 5.60 Å². The van der Waals surface area contributed by atoms with Gasteiger partial charge in [-0.15, -0.1) is 0 Å². The van der Waals surface area contributed by atoms with Crippen LogP contribution in [0.4, 0.5) is 0 Å². The van der Waals surface area contributed by atoms with Crippen molar-refractivity contribution in [2.24, 2.45) is 11.8 Å². The first-order valence-corrected chi connectivity index (χ1v) is 10.5. The Labute approximate surface area is 187 Å². The lowest BCUT2D eigenvalue weighted by molar-refractivity contribution is -0.0142. The minimum Gasteiger partial charge on any atom is -0.493 e. The molecule has 4 atom stereocenters. The standard InChI is InChI=1S/C24H28O8/c1-25-16-7-12(8-17(26-2)21(16)28-4)24-15-11-31-20(14(15)10-32-24)13-9-18(27-3)22(29-5)23(30-6)19(13)24/h7-9,14-15,20H,10-11H2,1-6H3/t14-,15-,20-,24+/m0/s1. The molecule has 3 aliphatic rings. The molecule has 4 bridgehead atoms.